The predicted octanol–water partition coefficient (Wildman–Crippen LogP) is 2.10. The van der Waals surface area contributed by atoms with Crippen LogP contribution >= 0.6 is 0 Å². The van der Waals surface area contributed by atoms with E-state index in [1.807, 2.05) is 20.8 Å². The van der Waals surface area contributed by atoms with Gasteiger partial charge in [0, 0.05) is 0 Å². The quantitative estimate of drug-likeness (QED) is 0.701. The molecule has 1 aromatic rings. The van der Waals surface area contributed by atoms with E-state index in [0.29, 0.717) is 13.0 Å². The van der Waals surface area contributed by atoms with Gasteiger partial charge in [-0.15, -0.1) is 0 Å². The molecule has 1 aromatic heterocycles. The molecule has 0 bridgehead atoms. The van der Waals surface area contributed by atoms with E-state index in [4.69, 9.17) is 0 Å². The van der Waals surface area contributed by atoms with Crippen molar-refractivity contribution in [3.05, 3.63) is 29.1 Å². The summed E-state index contributed by atoms with van der Waals surface area (Å²) in [4.78, 5) is 11.8. The molecule has 0 saturated heterocycles. The molecule has 1 nitrogen and oxygen atoms in total. The molecular formula is C13H20B2O. The molecule has 0 amide bonds. The molecule has 0 aromatic carbocycles. The Balaban J connectivity index is 2.65. The maximum atomic E-state index is 11.8. The number of carbonyl (C=O) groups excluding carboxylic acids is 1. The van der Waals surface area contributed by atoms with E-state index in [9.17, 15) is 4.79 Å². The summed E-state index contributed by atoms with van der Waals surface area (Å²) in [6.45, 7) is 10.3. The van der Waals surface area contributed by atoms with Gasteiger partial charge in [0.15, 0.2) is 0 Å². The molecular weight excluding hydrogens is 194 g/mol. The fraction of sp³-hybridized carbons (Fsp3) is 0.538. The third-order valence-corrected chi connectivity index (χ3v) is 2.96. The van der Waals surface area contributed by atoms with Crippen molar-refractivity contribution in [2.24, 2.45) is 5.41 Å². The van der Waals surface area contributed by atoms with E-state index >= 15 is 0 Å². The van der Waals surface area contributed by atoms with Crippen LogP contribution in [-0.4, -0.2) is 19.9 Å². The van der Waals surface area contributed by atoms with Crippen LogP contribution in [0.15, 0.2) is 18.1 Å². The SMILES string of the molecule is CCc1bcccc1CBC(=O)C(C)(C)C. The van der Waals surface area contributed by atoms with Crippen molar-refractivity contribution in [3.63, 3.8) is 0 Å². The molecule has 0 aliphatic rings. The molecule has 0 aliphatic carbocycles. The average Bonchev–Trinajstić information content (AvgIpc) is 2.24. The number of aryl methyl sites for hydroxylation is 1. The summed E-state index contributed by atoms with van der Waals surface area (Å²) in [6.07, 6.45) is 1.92. The number of carbonyl (C=O) groups is 1. The predicted molar refractivity (Wildman–Crippen MR) is 72.5 cm³/mol. The average molecular weight is 214 g/mol. The van der Waals surface area contributed by atoms with Gasteiger partial charge in [0.05, 0.1) is 0 Å². The number of hydrogen-bond acceptors (Lipinski definition) is 1. The molecule has 0 aliphatic heterocycles. The summed E-state index contributed by atoms with van der Waals surface area (Å²) in [5.41, 5.74) is 2.83. The molecule has 0 spiro atoms. The van der Waals surface area contributed by atoms with Gasteiger partial charge in [-0.1, -0.05) is 0 Å². The molecule has 84 valence electrons. The summed E-state index contributed by atoms with van der Waals surface area (Å²) >= 11 is 0. The van der Waals surface area contributed by atoms with Crippen LogP contribution in [-0.2, 0) is 17.5 Å². The number of rotatable bonds is 4. The molecule has 0 saturated carbocycles. The van der Waals surface area contributed by atoms with Gasteiger partial charge in [-0.25, -0.2) is 0 Å². The van der Waals surface area contributed by atoms with Crippen molar-refractivity contribution >= 4 is 19.9 Å². The van der Waals surface area contributed by atoms with Crippen LogP contribution in [0.25, 0.3) is 0 Å². The Morgan fingerprint density at radius 2 is 2.12 bits per heavy atom. The minimum absolute atomic E-state index is 0.207. The monoisotopic (exact) mass is 214 g/mol. The Labute approximate surface area is 100 Å². The second-order valence-electron chi connectivity index (χ2n) is 5.30. The molecule has 1 heterocycles. The molecule has 0 atom stereocenters. The van der Waals surface area contributed by atoms with Gasteiger partial charge in [0.2, 0.25) is 0 Å². The van der Waals surface area contributed by atoms with Crippen LogP contribution in [0, 0.1) is 5.41 Å². The van der Waals surface area contributed by atoms with Crippen LogP contribution in [0.5, 0.6) is 0 Å². The van der Waals surface area contributed by atoms with Gasteiger partial charge in [0.1, 0.15) is 0 Å². The van der Waals surface area contributed by atoms with Gasteiger partial charge >= 0.3 is 99.6 Å². The first-order chi connectivity index (χ1) is 7.45. The Kier molecular flexibility index (Phi) is 4.52. The molecule has 0 fully saturated rings. The second-order valence-corrected chi connectivity index (χ2v) is 5.30. The topological polar surface area (TPSA) is 17.1 Å². The maximum absolute atomic E-state index is 11.8. The Bertz CT molecular complexity index is 366. The van der Waals surface area contributed by atoms with E-state index in [1.165, 1.54) is 11.0 Å². The van der Waals surface area contributed by atoms with E-state index in [-0.39, 0.29) is 5.41 Å². The molecule has 3 heteroatoms. The van der Waals surface area contributed by atoms with Gasteiger partial charge in [-0.3, -0.25) is 0 Å². The second kappa shape index (κ2) is 5.47. The molecule has 0 unspecified atom stereocenters. The van der Waals surface area contributed by atoms with Crippen molar-refractivity contribution in [1.82, 2.24) is 0 Å². The van der Waals surface area contributed by atoms with Gasteiger partial charge in [-0.05, 0) is 0 Å². The molecule has 16 heavy (non-hydrogen) atoms. The van der Waals surface area contributed by atoms with Crippen LogP contribution in [0.1, 0.15) is 38.7 Å². The fourth-order valence-corrected chi connectivity index (χ4v) is 1.77. The van der Waals surface area contributed by atoms with E-state index in [1.54, 1.807) is 0 Å². The van der Waals surface area contributed by atoms with Crippen LogP contribution in [0.3, 0.4) is 0 Å². The zero-order chi connectivity index (χ0) is 12.2. The summed E-state index contributed by atoms with van der Waals surface area (Å²) in [7, 11) is 0.653. The van der Waals surface area contributed by atoms with Crippen LogP contribution < -0.4 is 0 Å². The zero-order valence-electron chi connectivity index (χ0n) is 10.8. The molecule has 1 rings (SSSR count). The first kappa shape index (κ1) is 13.2. The van der Waals surface area contributed by atoms with Crippen LogP contribution in [0.2, 0.25) is 0 Å². The van der Waals surface area contributed by atoms with E-state index in [0.717, 1.165) is 12.7 Å². The Morgan fingerprint density at radius 1 is 1.44 bits per heavy atom. The first-order valence-electron chi connectivity index (χ1n) is 6.05. The summed E-state index contributed by atoms with van der Waals surface area (Å²) in [5.74, 6) is 2.06. The number of hydrogen-bond donors (Lipinski definition) is 0. The minimum atomic E-state index is -0.207. The zero-order valence-corrected chi connectivity index (χ0v) is 10.8. The summed E-state index contributed by atoms with van der Waals surface area (Å²) in [5, 5.41) is 0. The molecule has 0 N–H and O–H groups in total. The normalized spacial score (nSPS) is 11.0. The van der Waals surface area contributed by atoms with Crippen molar-refractivity contribution < 1.29 is 4.79 Å². The van der Waals surface area contributed by atoms with Crippen molar-refractivity contribution in [1.29, 1.82) is 0 Å². The fourth-order valence-electron chi connectivity index (χ4n) is 1.77. The van der Waals surface area contributed by atoms with Gasteiger partial charge < -0.3 is 0 Å². The van der Waals surface area contributed by atoms with E-state index < -0.39 is 0 Å². The molecule has 0 radical (unpaired) electrons. The van der Waals surface area contributed by atoms with E-state index in [2.05, 4.69) is 31.9 Å². The van der Waals surface area contributed by atoms with Crippen LogP contribution in [0.4, 0.5) is 0 Å². The summed E-state index contributed by atoms with van der Waals surface area (Å²) in [6, 6.07) is 4.19. The van der Waals surface area contributed by atoms with Crippen molar-refractivity contribution in [2.75, 3.05) is 0 Å². The Morgan fingerprint density at radius 3 is 2.69 bits per heavy atom. The standard InChI is InChI=1S/C13H20B2O/c1-5-11-10(7-6-8-14-11)9-15-12(16)13(2,3)4/h6-8,15H,5,9H2,1-4H3. The van der Waals surface area contributed by atoms with Crippen molar-refractivity contribution in [2.45, 2.75) is 40.4 Å². The summed E-state index contributed by atoms with van der Waals surface area (Å²) < 4.78 is 0. The first-order valence-corrected chi connectivity index (χ1v) is 6.05. The third-order valence-electron chi connectivity index (χ3n) is 2.96. The van der Waals surface area contributed by atoms with Gasteiger partial charge in [-0.2, -0.15) is 0 Å². The van der Waals surface area contributed by atoms with Crippen molar-refractivity contribution in [3.8, 4) is 0 Å². The Hall–Kier alpha value is -0.850. The van der Waals surface area contributed by atoms with Gasteiger partial charge in [0.25, 0.3) is 0 Å². The third kappa shape index (κ3) is 3.62.